The number of aliphatic hydroxyl groups is 1. The van der Waals surface area contributed by atoms with Crippen molar-refractivity contribution in [1.29, 1.82) is 0 Å². The summed E-state index contributed by atoms with van der Waals surface area (Å²) in [5, 5.41) is 12.7. The fourth-order valence-corrected chi connectivity index (χ4v) is 3.16. The summed E-state index contributed by atoms with van der Waals surface area (Å²) in [7, 11) is 0. The molecular weight excluding hydrogens is 220 g/mol. The quantitative estimate of drug-likeness (QED) is 0.856. The molecule has 1 aromatic heterocycles. The van der Waals surface area contributed by atoms with Crippen molar-refractivity contribution in [2.24, 2.45) is 0 Å². The molecule has 16 heavy (non-hydrogen) atoms. The molecule has 90 valence electrons. The number of thiazole rings is 1. The van der Waals surface area contributed by atoms with Crippen LogP contribution in [0.2, 0.25) is 0 Å². The van der Waals surface area contributed by atoms with Gasteiger partial charge in [-0.15, -0.1) is 11.3 Å². The first kappa shape index (κ1) is 12.0. The van der Waals surface area contributed by atoms with E-state index in [1.165, 1.54) is 17.1 Å². The maximum Gasteiger partial charge on any atom is 0.0928 e. The van der Waals surface area contributed by atoms with Crippen molar-refractivity contribution < 1.29 is 5.11 Å². The number of likely N-dealkylation sites (tertiary alicyclic amines) is 1. The molecule has 0 spiro atoms. The van der Waals surface area contributed by atoms with Crippen LogP contribution in [-0.2, 0) is 13.0 Å². The van der Waals surface area contributed by atoms with Crippen LogP contribution in [0.4, 0.5) is 0 Å². The van der Waals surface area contributed by atoms with Crippen molar-refractivity contribution in [2.45, 2.75) is 45.2 Å². The minimum Gasteiger partial charge on any atom is -0.395 e. The lowest BCUT2D eigenvalue weighted by Gasteiger charge is -2.21. The summed E-state index contributed by atoms with van der Waals surface area (Å²) in [6.07, 6.45) is 4.59. The number of rotatable bonds is 5. The SMILES string of the molecule is CCCc1nc(CN2CCC[C@@H]2CO)cs1. The van der Waals surface area contributed by atoms with Crippen LogP contribution in [0.3, 0.4) is 0 Å². The number of aliphatic hydroxyl groups excluding tert-OH is 1. The van der Waals surface area contributed by atoms with Gasteiger partial charge in [-0.2, -0.15) is 0 Å². The van der Waals surface area contributed by atoms with Gasteiger partial charge in [0.2, 0.25) is 0 Å². The molecular formula is C12H20N2OS. The van der Waals surface area contributed by atoms with Gasteiger partial charge < -0.3 is 5.11 Å². The van der Waals surface area contributed by atoms with Crippen molar-refractivity contribution in [3.8, 4) is 0 Å². The third-order valence-electron chi connectivity index (χ3n) is 3.14. The third-order valence-corrected chi connectivity index (χ3v) is 4.10. The Morgan fingerprint density at radius 2 is 2.50 bits per heavy atom. The van der Waals surface area contributed by atoms with Crippen molar-refractivity contribution in [3.05, 3.63) is 16.1 Å². The van der Waals surface area contributed by atoms with E-state index in [2.05, 4.69) is 22.2 Å². The van der Waals surface area contributed by atoms with Gasteiger partial charge >= 0.3 is 0 Å². The first-order chi connectivity index (χ1) is 7.83. The van der Waals surface area contributed by atoms with Gasteiger partial charge in [0.05, 0.1) is 17.3 Å². The molecule has 0 bridgehead atoms. The minimum absolute atomic E-state index is 0.284. The molecule has 3 nitrogen and oxygen atoms in total. The van der Waals surface area contributed by atoms with Crippen molar-refractivity contribution >= 4 is 11.3 Å². The lowest BCUT2D eigenvalue weighted by Crippen LogP contribution is -2.31. The van der Waals surface area contributed by atoms with E-state index in [4.69, 9.17) is 0 Å². The van der Waals surface area contributed by atoms with Gasteiger partial charge in [-0.1, -0.05) is 6.92 Å². The molecule has 1 saturated heterocycles. The number of hydrogen-bond donors (Lipinski definition) is 1. The summed E-state index contributed by atoms with van der Waals surface area (Å²) in [6, 6.07) is 0.358. The van der Waals surface area contributed by atoms with E-state index >= 15 is 0 Å². The molecule has 2 rings (SSSR count). The Morgan fingerprint density at radius 1 is 1.62 bits per heavy atom. The standard InChI is InChI=1S/C12H20N2OS/c1-2-4-12-13-10(9-16-12)7-14-6-3-5-11(14)8-15/h9,11,15H,2-8H2,1H3/t11-/m1/s1. The molecule has 1 aliphatic rings. The number of hydrogen-bond acceptors (Lipinski definition) is 4. The maximum atomic E-state index is 9.24. The Kier molecular flexibility index (Phi) is 4.32. The highest BCUT2D eigenvalue weighted by molar-refractivity contribution is 7.09. The maximum absolute atomic E-state index is 9.24. The van der Waals surface area contributed by atoms with Crippen LogP contribution in [0.5, 0.6) is 0 Å². The van der Waals surface area contributed by atoms with Gasteiger partial charge in [-0.25, -0.2) is 4.98 Å². The van der Waals surface area contributed by atoms with E-state index in [0.29, 0.717) is 6.04 Å². The first-order valence-electron chi connectivity index (χ1n) is 6.11. The number of aryl methyl sites for hydroxylation is 1. The Bertz CT molecular complexity index is 327. The Morgan fingerprint density at radius 3 is 3.25 bits per heavy atom. The molecule has 0 radical (unpaired) electrons. The zero-order chi connectivity index (χ0) is 11.4. The second kappa shape index (κ2) is 5.75. The second-order valence-corrected chi connectivity index (χ2v) is 5.37. The van der Waals surface area contributed by atoms with Crippen LogP contribution < -0.4 is 0 Å². The van der Waals surface area contributed by atoms with Gasteiger partial charge in [0, 0.05) is 18.0 Å². The normalized spacial score (nSPS) is 21.8. The van der Waals surface area contributed by atoms with Crippen LogP contribution in [0, 0.1) is 0 Å². The highest BCUT2D eigenvalue weighted by Gasteiger charge is 2.24. The molecule has 1 aromatic rings. The first-order valence-corrected chi connectivity index (χ1v) is 6.99. The van der Waals surface area contributed by atoms with E-state index < -0.39 is 0 Å². The van der Waals surface area contributed by atoms with E-state index in [1.807, 2.05) is 0 Å². The molecule has 1 fully saturated rings. The molecule has 0 saturated carbocycles. The highest BCUT2D eigenvalue weighted by atomic mass is 32.1. The van der Waals surface area contributed by atoms with E-state index in [-0.39, 0.29) is 6.61 Å². The Balaban J connectivity index is 1.92. The zero-order valence-corrected chi connectivity index (χ0v) is 10.7. The molecule has 0 amide bonds. The predicted octanol–water partition coefficient (Wildman–Crippen LogP) is 2.05. The van der Waals surface area contributed by atoms with Gasteiger partial charge in [0.1, 0.15) is 0 Å². The molecule has 0 aromatic carbocycles. The Labute approximate surface area is 101 Å². The summed E-state index contributed by atoms with van der Waals surface area (Å²) in [5.74, 6) is 0. The van der Waals surface area contributed by atoms with E-state index in [1.54, 1.807) is 11.3 Å². The molecule has 1 atom stereocenters. The Hall–Kier alpha value is -0.450. The summed E-state index contributed by atoms with van der Waals surface area (Å²) >= 11 is 1.77. The fraction of sp³-hybridized carbons (Fsp3) is 0.750. The monoisotopic (exact) mass is 240 g/mol. The van der Waals surface area contributed by atoms with Crippen molar-refractivity contribution in [1.82, 2.24) is 9.88 Å². The van der Waals surface area contributed by atoms with Gasteiger partial charge in [-0.05, 0) is 32.2 Å². The largest absolute Gasteiger partial charge is 0.395 e. The molecule has 1 aliphatic heterocycles. The molecule has 4 heteroatoms. The average molecular weight is 240 g/mol. The van der Waals surface area contributed by atoms with Gasteiger partial charge in [0.25, 0.3) is 0 Å². The van der Waals surface area contributed by atoms with E-state index in [0.717, 1.165) is 32.4 Å². The minimum atomic E-state index is 0.284. The fourth-order valence-electron chi connectivity index (χ4n) is 2.27. The van der Waals surface area contributed by atoms with Crippen LogP contribution in [0.1, 0.15) is 36.9 Å². The molecule has 2 heterocycles. The van der Waals surface area contributed by atoms with Crippen molar-refractivity contribution in [2.75, 3.05) is 13.2 Å². The summed E-state index contributed by atoms with van der Waals surface area (Å²) in [5.41, 5.74) is 1.17. The van der Waals surface area contributed by atoms with E-state index in [9.17, 15) is 5.11 Å². The smallest absolute Gasteiger partial charge is 0.0928 e. The summed E-state index contributed by atoms with van der Waals surface area (Å²) in [6.45, 7) is 4.48. The van der Waals surface area contributed by atoms with Crippen LogP contribution in [-0.4, -0.2) is 34.2 Å². The summed E-state index contributed by atoms with van der Waals surface area (Å²) in [4.78, 5) is 6.98. The molecule has 0 aliphatic carbocycles. The molecule has 0 unspecified atom stereocenters. The number of aromatic nitrogens is 1. The van der Waals surface area contributed by atoms with Crippen LogP contribution in [0.25, 0.3) is 0 Å². The van der Waals surface area contributed by atoms with Gasteiger partial charge in [0.15, 0.2) is 0 Å². The lowest BCUT2D eigenvalue weighted by atomic mass is 10.2. The highest BCUT2D eigenvalue weighted by Crippen LogP contribution is 2.20. The van der Waals surface area contributed by atoms with Gasteiger partial charge in [-0.3, -0.25) is 4.90 Å². The number of nitrogens with zero attached hydrogens (tertiary/aromatic N) is 2. The van der Waals surface area contributed by atoms with Crippen LogP contribution in [0.15, 0.2) is 5.38 Å². The topological polar surface area (TPSA) is 36.4 Å². The van der Waals surface area contributed by atoms with Crippen molar-refractivity contribution in [3.63, 3.8) is 0 Å². The lowest BCUT2D eigenvalue weighted by molar-refractivity contribution is 0.152. The molecule has 1 N–H and O–H groups in total. The second-order valence-electron chi connectivity index (χ2n) is 4.43. The summed E-state index contributed by atoms with van der Waals surface area (Å²) < 4.78 is 0. The zero-order valence-electron chi connectivity index (χ0n) is 9.85. The third kappa shape index (κ3) is 2.81. The van der Waals surface area contributed by atoms with Crippen LogP contribution >= 0.6 is 11.3 Å². The predicted molar refractivity (Wildman–Crippen MR) is 66.6 cm³/mol. The average Bonchev–Trinajstić information content (AvgIpc) is 2.89.